The number of aromatic nitrogens is 2. The van der Waals surface area contributed by atoms with Gasteiger partial charge in [0.2, 0.25) is 11.8 Å². The van der Waals surface area contributed by atoms with E-state index in [-0.39, 0.29) is 30.2 Å². The fourth-order valence-electron chi connectivity index (χ4n) is 6.10. The molecule has 1 aliphatic carbocycles. The second-order valence-corrected chi connectivity index (χ2v) is 11.8. The topological polar surface area (TPSA) is 141 Å². The molecule has 1 saturated carbocycles. The standard InChI is InChI=1S/C33H42N6O5/c1-22-27(8-4-10-29(22)25-6-3-7-26(16-25)32(40)44-21-28-9-5-15-43-28)19-36-33-37-20-30(39(41)42)31(38-33)35-18-24-13-11-23(12-14-24)17-34-2/h3-4,6-8,10,16,20,23-24,28,34H,5,9,11-15,17-19,21H2,1-2H3,(H2,35,36,37,38). The molecule has 234 valence electrons. The molecule has 0 amide bonds. The first-order chi connectivity index (χ1) is 21.4. The van der Waals surface area contributed by atoms with Crippen LogP contribution in [0.4, 0.5) is 17.5 Å². The van der Waals surface area contributed by atoms with E-state index in [0.29, 0.717) is 36.4 Å². The maximum atomic E-state index is 12.7. The van der Waals surface area contributed by atoms with Gasteiger partial charge in [-0.15, -0.1) is 0 Å². The predicted octanol–water partition coefficient (Wildman–Crippen LogP) is 5.75. The molecule has 11 nitrogen and oxygen atoms in total. The maximum Gasteiger partial charge on any atom is 0.338 e. The second kappa shape index (κ2) is 15.1. The van der Waals surface area contributed by atoms with Crippen LogP contribution in [-0.2, 0) is 16.0 Å². The van der Waals surface area contributed by atoms with Gasteiger partial charge in [0.05, 0.1) is 16.6 Å². The van der Waals surface area contributed by atoms with Crippen molar-refractivity contribution in [3.05, 3.63) is 75.5 Å². The van der Waals surface area contributed by atoms with E-state index in [4.69, 9.17) is 9.47 Å². The number of hydrogen-bond donors (Lipinski definition) is 3. The van der Waals surface area contributed by atoms with Crippen LogP contribution in [0.2, 0.25) is 0 Å². The van der Waals surface area contributed by atoms with Gasteiger partial charge in [-0.05, 0) is 105 Å². The smallest absolute Gasteiger partial charge is 0.338 e. The van der Waals surface area contributed by atoms with Crippen molar-refractivity contribution in [2.45, 2.75) is 58.1 Å². The Labute approximate surface area is 258 Å². The summed E-state index contributed by atoms with van der Waals surface area (Å²) in [6.07, 6.45) is 7.66. The van der Waals surface area contributed by atoms with Gasteiger partial charge < -0.3 is 25.4 Å². The molecule has 1 aromatic heterocycles. The average Bonchev–Trinajstić information content (AvgIpc) is 3.57. The third-order valence-corrected chi connectivity index (χ3v) is 8.70. The SMILES string of the molecule is CNCC1CCC(CNc2nc(NCc3cccc(-c4cccc(C(=O)OCC5CCCO5)c4)c3C)ncc2[N+](=O)[O-])CC1. The fourth-order valence-corrected chi connectivity index (χ4v) is 6.10. The van der Waals surface area contributed by atoms with Crippen LogP contribution in [0.1, 0.15) is 60.0 Å². The third-order valence-electron chi connectivity index (χ3n) is 8.70. The number of benzene rings is 2. The zero-order valence-electron chi connectivity index (χ0n) is 25.5. The molecule has 3 aromatic rings. The molecule has 0 spiro atoms. The van der Waals surface area contributed by atoms with Gasteiger partial charge in [0.25, 0.3) is 0 Å². The molecule has 2 aromatic carbocycles. The number of carbonyl (C=O) groups is 1. The first-order valence-electron chi connectivity index (χ1n) is 15.5. The van der Waals surface area contributed by atoms with Gasteiger partial charge in [0.15, 0.2) is 0 Å². The highest BCUT2D eigenvalue weighted by Gasteiger charge is 2.23. The highest BCUT2D eigenvalue weighted by atomic mass is 16.6. The number of rotatable bonds is 13. The van der Waals surface area contributed by atoms with Crippen molar-refractivity contribution in [3.63, 3.8) is 0 Å². The number of nitrogens with one attached hydrogen (secondary N) is 3. The van der Waals surface area contributed by atoms with Crippen molar-refractivity contribution in [2.75, 3.05) is 44.0 Å². The number of ether oxygens (including phenoxy) is 2. The second-order valence-electron chi connectivity index (χ2n) is 11.8. The Morgan fingerprint density at radius 3 is 2.57 bits per heavy atom. The van der Waals surface area contributed by atoms with E-state index in [9.17, 15) is 14.9 Å². The van der Waals surface area contributed by atoms with Crippen molar-refractivity contribution in [1.82, 2.24) is 15.3 Å². The summed E-state index contributed by atoms with van der Waals surface area (Å²) in [6, 6.07) is 13.4. The molecule has 1 atom stereocenters. The Balaban J connectivity index is 1.23. The zero-order valence-corrected chi connectivity index (χ0v) is 25.5. The molecule has 11 heteroatoms. The Morgan fingerprint density at radius 2 is 1.84 bits per heavy atom. The van der Waals surface area contributed by atoms with Crippen molar-refractivity contribution in [3.8, 4) is 11.1 Å². The summed E-state index contributed by atoms with van der Waals surface area (Å²) in [5, 5.41) is 21.4. The summed E-state index contributed by atoms with van der Waals surface area (Å²) >= 11 is 0. The van der Waals surface area contributed by atoms with Gasteiger partial charge >= 0.3 is 11.7 Å². The number of hydrogen-bond acceptors (Lipinski definition) is 10. The van der Waals surface area contributed by atoms with Gasteiger partial charge in [-0.2, -0.15) is 4.98 Å². The molecule has 1 unspecified atom stereocenters. The van der Waals surface area contributed by atoms with E-state index in [0.717, 1.165) is 73.9 Å². The van der Waals surface area contributed by atoms with E-state index in [1.54, 1.807) is 6.07 Å². The van der Waals surface area contributed by atoms with E-state index in [2.05, 4.69) is 25.9 Å². The van der Waals surface area contributed by atoms with Crippen molar-refractivity contribution < 1.29 is 19.2 Å². The normalized spacial score (nSPS) is 19.8. The zero-order chi connectivity index (χ0) is 30.9. The van der Waals surface area contributed by atoms with Crippen LogP contribution < -0.4 is 16.0 Å². The summed E-state index contributed by atoms with van der Waals surface area (Å²) in [5.41, 5.74) is 4.33. The number of esters is 1. The molecule has 5 rings (SSSR count). The molecule has 0 bridgehead atoms. The lowest BCUT2D eigenvalue weighted by atomic mass is 9.82. The first kappa shape index (κ1) is 31.3. The van der Waals surface area contributed by atoms with Crippen molar-refractivity contribution in [1.29, 1.82) is 0 Å². The van der Waals surface area contributed by atoms with Crippen LogP contribution in [0.15, 0.2) is 48.7 Å². The van der Waals surface area contributed by atoms with E-state index in [1.807, 2.05) is 50.4 Å². The highest BCUT2D eigenvalue weighted by Crippen LogP contribution is 2.31. The molecule has 2 fully saturated rings. The largest absolute Gasteiger partial charge is 0.459 e. The molecular formula is C33H42N6O5. The van der Waals surface area contributed by atoms with Crippen LogP contribution in [0.3, 0.4) is 0 Å². The predicted molar refractivity (Wildman–Crippen MR) is 170 cm³/mol. The van der Waals surface area contributed by atoms with Gasteiger partial charge in [-0.1, -0.05) is 30.3 Å². The van der Waals surface area contributed by atoms with Crippen molar-refractivity contribution >= 4 is 23.4 Å². The van der Waals surface area contributed by atoms with Crippen molar-refractivity contribution in [2.24, 2.45) is 11.8 Å². The minimum absolute atomic E-state index is 0.0200. The molecular weight excluding hydrogens is 560 g/mol. The molecule has 1 aliphatic heterocycles. The molecule has 2 heterocycles. The van der Waals surface area contributed by atoms with E-state index < -0.39 is 4.92 Å². The highest BCUT2D eigenvalue weighted by molar-refractivity contribution is 5.91. The monoisotopic (exact) mass is 602 g/mol. The molecule has 1 saturated heterocycles. The summed E-state index contributed by atoms with van der Waals surface area (Å²) < 4.78 is 11.1. The molecule has 2 aliphatic rings. The van der Waals surface area contributed by atoms with E-state index >= 15 is 0 Å². The lowest BCUT2D eigenvalue weighted by Gasteiger charge is -2.28. The van der Waals surface area contributed by atoms with E-state index in [1.165, 1.54) is 6.20 Å². The number of anilines is 2. The third kappa shape index (κ3) is 8.09. The minimum Gasteiger partial charge on any atom is -0.459 e. The Bertz CT molecular complexity index is 1440. The van der Waals surface area contributed by atoms with Gasteiger partial charge in [0.1, 0.15) is 12.8 Å². The average molecular weight is 603 g/mol. The minimum atomic E-state index is -0.448. The first-order valence-corrected chi connectivity index (χ1v) is 15.5. The quantitative estimate of drug-likeness (QED) is 0.126. The van der Waals surface area contributed by atoms with Crippen LogP contribution in [0, 0.1) is 28.9 Å². The Morgan fingerprint density at radius 1 is 1.07 bits per heavy atom. The molecule has 0 radical (unpaired) electrons. The number of carbonyl (C=O) groups excluding carboxylic acids is 1. The van der Waals surface area contributed by atoms with Gasteiger partial charge in [-0.25, -0.2) is 9.78 Å². The fraction of sp³-hybridized carbons (Fsp3) is 0.485. The van der Waals surface area contributed by atoms with Crippen LogP contribution in [0.5, 0.6) is 0 Å². The van der Waals surface area contributed by atoms with Gasteiger partial charge in [0, 0.05) is 19.7 Å². The van der Waals surface area contributed by atoms with Crippen LogP contribution >= 0.6 is 0 Å². The summed E-state index contributed by atoms with van der Waals surface area (Å²) in [5.74, 6) is 1.35. The summed E-state index contributed by atoms with van der Waals surface area (Å²) in [4.78, 5) is 32.6. The Kier molecular flexibility index (Phi) is 10.7. The number of nitrogens with zero attached hydrogens (tertiary/aromatic N) is 3. The summed E-state index contributed by atoms with van der Waals surface area (Å²) in [7, 11) is 1.98. The maximum absolute atomic E-state index is 12.7. The summed E-state index contributed by atoms with van der Waals surface area (Å²) in [6.45, 7) is 5.12. The lowest BCUT2D eigenvalue weighted by molar-refractivity contribution is -0.384. The molecule has 3 N–H and O–H groups in total. The van der Waals surface area contributed by atoms with Gasteiger partial charge in [-0.3, -0.25) is 10.1 Å². The Hall–Kier alpha value is -4.09. The molecule has 44 heavy (non-hydrogen) atoms. The van der Waals surface area contributed by atoms with Crippen LogP contribution in [0.25, 0.3) is 11.1 Å². The van der Waals surface area contributed by atoms with Crippen LogP contribution in [-0.4, -0.2) is 60.3 Å². The number of nitro groups is 1. The lowest BCUT2D eigenvalue weighted by Crippen LogP contribution is -2.27.